The van der Waals surface area contributed by atoms with E-state index in [4.69, 9.17) is 18.9 Å². The molecule has 182 valence electrons. The first kappa shape index (κ1) is 26.2. The smallest absolute Gasteiger partial charge is 0.409 e. The Morgan fingerprint density at radius 1 is 1.21 bits per heavy atom. The van der Waals surface area contributed by atoms with Gasteiger partial charge < -0.3 is 24.1 Å². The van der Waals surface area contributed by atoms with Gasteiger partial charge in [-0.05, 0) is 50.8 Å². The summed E-state index contributed by atoms with van der Waals surface area (Å²) in [7, 11) is 2.98. The van der Waals surface area contributed by atoms with Gasteiger partial charge in [-0.1, -0.05) is 18.6 Å². The van der Waals surface area contributed by atoms with Crippen LogP contribution < -0.4 is 4.74 Å². The lowest BCUT2D eigenvalue weighted by atomic mass is 9.86. The third-order valence-corrected chi connectivity index (χ3v) is 5.64. The molecule has 0 radical (unpaired) electrons. The Hall–Kier alpha value is -3.07. The van der Waals surface area contributed by atoms with Gasteiger partial charge >= 0.3 is 12.1 Å². The lowest BCUT2D eigenvalue weighted by molar-refractivity contribution is -0.162. The van der Waals surface area contributed by atoms with Gasteiger partial charge in [0.15, 0.2) is 5.78 Å². The van der Waals surface area contributed by atoms with Crippen LogP contribution in [-0.4, -0.2) is 67.1 Å². The maximum absolute atomic E-state index is 12.9. The number of amides is 1. The number of nitrogens with zero attached hydrogens (tertiary/aromatic N) is 1. The summed E-state index contributed by atoms with van der Waals surface area (Å²) in [5.74, 6) is -0.0953. The second-order valence-electron chi connectivity index (χ2n) is 8.09. The van der Waals surface area contributed by atoms with Gasteiger partial charge in [-0.15, -0.1) is 0 Å². The Labute approximate surface area is 194 Å². The number of allylic oxidation sites excluding steroid dienone is 1. The Kier molecular flexibility index (Phi) is 10.2. The summed E-state index contributed by atoms with van der Waals surface area (Å²) in [4.78, 5) is 36.9. The fourth-order valence-corrected chi connectivity index (χ4v) is 4.00. The fourth-order valence-electron chi connectivity index (χ4n) is 4.00. The van der Waals surface area contributed by atoms with Gasteiger partial charge in [0.2, 0.25) is 0 Å². The van der Waals surface area contributed by atoms with Crippen molar-refractivity contribution in [2.75, 3.05) is 21.0 Å². The summed E-state index contributed by atoms with van der Waals surface area (Å²) in [6.45, 7) is 2.90. The van der Waals surface area contributed by atoms with E-state index in [2.05, 4.69) is 0 Å². The second-order valence-corrected chi connectivity index (χ2v) is 8.09. The number of methoxy groups -OCH3 is 2. The first-order chi connectivity index (χ1) is 15.8. The molecule has 4 atom stereocenters. The molecule has 1 fully saturated rings. The van der Waals surface area contributed by atoms with Gasteiger partial charge in [0.1, 0.15) is 30.7 Å². The van der Waals surface area contributed by atoms with Crippen LogP contribution in [0.3, 0.4) is 0 Å². The van der Waals surface area contributed by atoms with E-state index in [1.807, 2.05) is 24.3 Å². The molecule has 1 aliphatic rings. The van der Waals surface area contributed by atoms with Crippen molar-refractivity contribution in [2.24, 2.45) is 5.92 Å². The van der Waals surface area contributed by atoms with Crippen molar-refractivity contribution in [3.05, 3.63) is 42.2 Å². The van der Waals surface area contributed by atoms with Gasteiger partial charge in [0.25, 0.3) is 0 Å². The highest BCUT2D eigenvalue weighted by Crippen LogP contribution is 2.29. The number of cyclic esters (lactones) is 1. The minimum Gasteiger partial charge on any atom is -0.497 e. The zero-order chi connectivity index (χ0) is 24.4. The molecule has 1 heterocycles. The molecule has 33 heavy (non-hydrogen) atoms. The average molecular weight is 464 g/mol. The van der Waals surface area contributed by atoms with E-state index in [0.29, 0.717) is 25.7 Å². The zero-order valence-electron chi connectivity index (χ0n) is 19.6. The highest BCUT2D eigenvalue weighted by Gasteiger charge is 2.38. The Bertz CT molecular complexity index is 822. The standard InChI is InChI=1S/C24H33NO8/c1-16(26)12-13-32-22-17(2)33-23(27)21(25(15-30-3)24(28)29)7-5-6-19(22)14-18-8-10-20(31-4)11-9-18/h8-13,17,19,21-22H,5-7,14-15H2,1-4H3,(H,28,29)/t17-,19+,21-,22-/m0/s1. The third kappa shape index (κ3) is 7.78. The molecule has 9 nitrogen and oxygen atoms in total. The van der Waals surface area contributed by atoms with E-state index in [1.54, 1.807) is 14.0 Å². The Morgan fingerprint density at radius 2 is 1.91 bits per heavy atom. The molecule has 0 bridgehead atoms. The monoisotopic (exact) mass is 463 g/mol. The van der Waals surface area contributed by atoms with Gasteiger partial charge in [-0.25, -0.2) is 9.59 Å². The summed E-state index contributed by atoms with van der Waals surface area (Å²) in [6.07, 6.45) is 2.41. The number of ketones is 1. The van der Waals surface area contributed by atoms with Crippen LogP contribution in [0.15, 0.2) is 36.6 Å². The van der Waals surface area contributed by atoms with Crippen molar-refractivity contribution >= 4 is 17.8 Å². The molecule has 9 heteroatoms. The summed E-state index contributed by atoms with van der Waals surface area (Å²) < 4.78 is 21.8. The van der Waals surface area contributed by atoms with Crippen molar-refractivity contribution in [1.29, 1.82) is 0 Å². The molecule has 0 aliphatic carbocycles. The van der Waals surface area contributed by atoms with Crippen molar-refractivity contribution in [3.8, 4) is 5.75 Å². The van der Waals surface area contributed by atoms with Crippen LogP contribution in [0.1, 0.15) is 38.7 Å². The van der Waals surface area contributed by atoms with E-state index in [1.165, 1.54) is 26.4 Å². The first-order valence-electron chi connectivity index (χ1n) is 10.9. The van der Waals surface area contributed by atoms with Crippen LogP contribution >= 0.6 is 0 Å². The molecule has 1 aromatic carbocycles. The molecule has 0 unspecified atom stereocenters. The molecule has 1 aromatic rings. The summed E-state index contributed by atoms with van der Waals surface area (Å²) in [5.41, 5.74) is 1.06. The predicted molar refractivity (Wildman–Crippen MR) is 120 cm³/mol. The van der Waals surface area contributed by atoms with Gasteiger partial charge in [-0.3, -0.25) is 9.69 Å². The molecule has 1 aliphatic heterocycles. The van der Waals surface area contributed by atoms with Crippen LogP contribution in [-0.2, 0) is 30.2 Å². The summed E-state index contributed by atoms with van der Waals surface area (Å²) >= 11 is 0. The first-order valence-corrected chi connectivity index (χ1v) is 10.9. The van der Waals surface area contributed by atoms with Gasteiger partial charge in [0, 0.05) is 19.1 Å². The highest BCUT2D eigenvalue weighted by molar-refractivity contribution is 5.86. The van der Waals surface area contributed by atoms with Crippen LogP contribution in [0, 0.1) is 5.92 Å². The van der Waals surface area contributed by atoms with Crippen molar-refractivity contribution in [2.45, 2.75) is 57.8 Å². The van der Waals surface area contributed by atoms with Crippen molar-refractivity contribution in [1.82, 2.24) is 4.90 Å². The Morgan fingerprint density at radius 3 is 2.48 bits per heavy atom. The quantitative estimate of drug-likeness (QED) is 0.257. The highest BCUT2D eigenvalue weighted by atomic mass is 16.6. The van der Waals surface area contributed by atoms with Crippen molar-refractivity contribution in [3.63, 3.8) is 0 Å². The molecule has 1 saturated heterocycles. The minimum atomic E-state index is -1.25. The number of carbonyl (C=O) groups excluding carboxylic acids is 2. The number of hydrogen-bond donors (Lipinski definition) is 1. The van der Waals surface area contributed by atoms with Gasteiger partial charge in [-0.2, -0.15) is 0 Å². The molecule has 0 aromatic heterocycles. The lowest BCUT2D eigenvalue weighted by Gasteiger charge is -2.31. The second kappa shape index (κ2) is 12.8. The summed E-state index contributed by atoms with van der Waals surface area (Å²) in [5, 5.41) is 9.54. The van der Waals surface area contributed by atoms with E-state index in [9.17, 15) is 19.5 Å². The van der Waals surface area contributed by atoms with Crippen LogP contribution in [0.5, 0.6) is 5.75 Å². The van der Waals surface area contributed by atoms with E-state index < -0.39 is 30.3 Å². The SMILES string of the molecule is COCN(C(=O)O)[C@H]1CCC[C@H](Cc2ccc(OC)cc2)[C@@H](OC=CC(C)=O)[C@H](C)OC1=O. The number of carbonyl (C=O) groups is 3. The third-order valence-electron chi connectivity index (χ3n) is 5.64. The van der Waals surface area contributed by atoms with Crippen LogP contribution in [0.2, 0.25) is 0 Å². The van der Waals surface area contributed by atoms with E-state index >= 15 is 0 Å². The minimum absolute atomic E-state index is 0.0442. The molecule has 2 rings (SSSR count). The maximum Gasteiger partial charge on any atom is 0.409 e. The number of benzene rings is 1. The number of ether oxygens (including phenoxy) is 4. The zero-order valence-corrected chi connectivity index (χ0v) is 19.6. The number of carboxylic acid groups (broad SMARTS) is 1. The molecular weight excluding hydrogens is 430 g/mol. The normalized spacial score (nSPS) is 23.7. The van der Waals surface area contributed by atoms with Crippen molar-refractivity contribution < 1.29 is 38.4 Å². The predicted octanol–water partition coefficient (Wildman–Crippen LogP) is 3.41. The molecule has 0 saturated carbocycles. The molecule has 1 amide bonds. The van der Waals surface area contributed by atoms with Crippen LogP contribution in [0.25, 0.3) is 0 Å². The van der Waals surface area contributed by atoms with Crippen LogP contribution in [0.4, 0.5) is 4.79 Å². The average Bonchev–Trinajstić information content (AvgIpc) is 2.82. The van der Waals surface area contributed by atoms with E-state index in [0.717, 1.165) is 16.2 Å². The van der Waals surface area contributed by atoms with Gasteiger partial charge in [0.05, 0.1) is 13.4 Å². The molecule has 1 N–H and O–H groups in total. The number of rotatable bonds is 9. The lowest BCUT2D eigenvalue weighted by Crippen LogP contribution is -2.47. The van der Waals surface area contributed by atoms with E-state index in [-0.39, 0.29) is 18.4 Å². The largest absolute Gasteiger partial charge is 0.497 e. The Balaban J connectivity index is 2.30. The molecule has 0 spiro atoms. The maximum atomic E-state index is 12.9. The fraction of sp³-hybridized carbons (Fsp3) is 0.542. The number of hydrogen-bond acceptors (Lipinski definition) is 7. The summed E-state index contributed by atoms with van der Waals surface area (Å²) in [6, 6.07) is 6.73. The topological polar surface area (TPSA) is 112 Å². The number of esters is 1. The molecular formula is C24H33NO8.